The van der Waals surface area contributed by atoms with E-state index in [0.717, 1.165) is 22.2 Å². The van der Waals surface area contributed by atoms with E-state index in [-0.39, 0.29) is 5.78 Å². The summed E-state index contributed by atoms with van der Waals surface area (Å²) < 4.78 is 1.88. The molecule has 2 N–H and O–H groups in total. The number of hydrogen-bond donors (Lipinski definition) is 2. The molecule has 0 bridgehead atoms. The molecule has 5 nitrogen and oxygen atoms in total. The Balaban J connectivity index is 2.17. The van der Waals surface area contributed by atoms with E-state index in [2.05, 4.69) is 15.7 Å². The maximum Gasteiger partial charge on any atom is 0.178 e. The van der Waals surface area contributed by atoms with Crippen molar-refractivity contribution >= 4 is 17.4 Å². The number of hydrogen-bond acceptors (Lipinski definition) is 4. The molecule has 2 heterocycles. The van der Waals surface area contributed by atoms with Crippen LogP contribution in [0, 0.1) is 0 Å². The van der Waals surface area contributed by atoms with Crippen LogP contribution < -0.4 is 21.6 Å². The van der Waals surface area contributed by atoms with Crippen molar-refractivity contribution in [3.63, 3.8) is 0 Å². The number of allylic oxidation sites excluding steroid dienone is 5. The molecule has 0 aromatic carbocycles. The standard InChI is InChI=1S/C13H12N4O/c1-14-12-6-7-13-15-8-11(17(13)16-12)9-2-4-10(18)5-3-9/h2-8,14,16H,1H3. The van der Waals surface area contributed by atoms with Gasteiger partial charge in [-0.2, -0.15) is 0 Å². The number of carbonyl (C=O) groups excluding carboxylic acids is 1. The van der Waals surface area contributed by atoms with Crippen molar-refractivity contribution < 1.29 is 4.79 Å². The van der Waals surface area contributed by atoms with E-state index in [9.17, 15) is 4.79 Å². The molecule has 18 heavy (non-hydrogen) atoms. The van der Waals surface area contributed by atoms with E-state index in [1.165, 1.54) is 0 Å². The highest BCUT2D eigenvalue weighted by Gasteiger charge is 2.07. The highest BCUT2D eigenvalue weighted by atomic mass is 16.1. The lowest BCUT2D eigenvalue weighted by atomic mass is 10.1. The van der Waals surface area contributed by atoms with Gasteiger partial charge in [-0.05, 0) is 36.5 Å². The average molecular weight is 240 g/mol. The number of nitrogens with zero attached hydrogens (tertiary/aromatic N) is 2. The summed E-state index contributed by atoms with van der Waals surface area (Å²) in [7, 11) is 1.85. The number of ketones is 1. The van der Waals surface area contributed by atoms with E-state index in [4.69, 9.17) is 0 Å². The Kier molecular flexibility index (Phi) is 2.37. The third-order valence-corrected chi connectivity index (χ3v) is 2.84. The summed E-state index contributed by atoms with van der Waals surface area (Å²) in [6, 6.07) is 0. The summed E-state index contributed by atoms with van der Waals surface area (Å²) >= 11 is 0. The molecule has 3 rings (SSSR count). The average Bonchev–Trinajstić information content (AvgIpc) is 2.82. The minimum atomic E-state index is 0.00691. The molecule has 90 valence electrons. The molecule has 0 spiro atoms. The lowest BCUT2D eigenvalue weighted by Gasteiger charge is -2.15. The van der Waals surface area contributed by atoms with Crippen molar-refractivity contribution in [2.45, 2.75) is 0 Å². The Bertz CT molecular complexity index is 701. The van der Waals surface area contributed by atoms with Gasteiger partial charge in [-0.1, -0.05) is 0 Å². The van der Waals surface area contributed by atoms with Crippen molar-refractivity contribution in [3.8, 4) is 0 Å². The van der Waals surface area contributed by atoms with Crippen LogP contribution in [0.3, 0.4) is 0 Å². The summed E-state index contributed by atoms with van der Waals surface area (Å²) in [4.78, 5) is 15.4. The molecular weight excluding hydrogens is 228 g/mol. The Morgan fingerprint density at radius 3 is 2.72 bits per heavy atom. The number of carbonyl (C=O) groups is 1. The molecule has 0 amide bonds. The van der Waals surface area contributed by atoms with E-state index in [1.54, 1.807) is 30.5 Å². The van der Waals surface area contributed by atoms with E-state index < -0.39 is 0 Å². The molecule has 1 aromatic rings. The molecule has 0 unspecified atom stereocenters. The number of fused-ring (bicyclic) bond motifs is 1. The van der Waals surface area contributed by atoms with Gasteiger partial charge < -0.3 is 5.32 Å². The Morgan fingerprint density at radius 2 is 2.00 bits per heavy atom. The number of imidazole rings is 1. The Labute approximate surface area is 103 Å². The van der Waals surface area contributed by atoms with Crippen LogP contribution in [0.25, 0.3) is 11.6 Å². The van der Waals surface area contributed by atoms with E-state index in [0.29, 0.717) is 0 Å². The van der Waals surface area contributed by atoms with Crippen LogP contribution in [0.1, 0.15) is 0 Å². The second-order valence-corrected chi connectivity index (χ2v) is 3.97. The molecule has 0 radical (unpaired) electrons. The molecule has 1 aliphatic heterocycles. The summed E-state index contributed by atoms with van der Waals surface area (Å²) in [6.45, 7) is 0. The van der Waals surface area contributed by atoms with Gasteiger partial charge in [0.1, 0.15) is 5.82 Å². The zero-order valence-electron chi connectivity index (χ0n) is 9.84. The lowest BCUT2D eigenvalue weighted by Crippen LogP contribution is -2.40. The fourth-order valence-corrected chi connectivity index (χ4v) is 1.89. The highest BCUT2D eigenvalue weighted by molar-refractivity contribution is 6.04. The summed E-state index contributed by atoms with van der Waals surface area (Å²) in [5.74, 6) is 0.898. The van der Waals surface area contributed by atoms with Crippen molar-refractivity contribution in [1.29, 1.82) is 0 Å². The Morgan fingerprint density at radius 1 is 1.22 bits per heavy atom. The quantitative estimate of drug-likeness (QED) is 0.670. The monoisotopic (exact) mass is 240 g/mol. The molecular formula is C13H12N4O. The molecule has 1 aromatic heterocycles. The first kappa shape index (κ1) is 10.6. The van der Waals surface area contributed by atoms with Gasteiger partial charge in [0.05, 0.1) is 11.5 Å². The van der Waals surface area contributed by atoms with E-state index >= 15 is 0 Å². The van der Waals surface area contributed by atoms with Gasteiger partial charge in [0.15, 0.2) is 11.3 Å². The molecule has 5 heteroatoms. The van der Waals surface area contributed by atoms with Crippen LogP contribution in [0.4, 0.5) is 0 Å². The van der Waals surface area contributed by atoms with Crippen molar-refractivity contribution in [2.24, 2.45) is 0 Å². The number of aromatic nitrogens is 2. The first-order valence-corrected chi connectivity index (χ1v) is 5.63. The third kappa shape index (κ3) is 1.66. The van der Waals surface area contributed by atoms with Crippen molar-refractivity contribution in [3.05, 3.63) is 53.2 Å². The predicted molar refractivity (Wildman–Crippen MR) is 69.1 cm³/mol. The minimum absolute atomic E-state index is 0.00691. The molecule has 0 saturated carbocycles. The number of nitrogens with one attached hydrogen (secondary N) is 2. The van der Waals surface area contributed by atoms with Gasteiger partial charge in [-0.15, -0.1) is 0 Å². The maximum atomic E-state index is 11.1. The van der Waals surface area contributed by atoms with Gasteiger partial charge in [-0.3, -0.25) is 10.2 Å². The fourth-order valence-electron chi connectivity index (χ4n) is 1.89. The SMILES string of the molecule is CNC1=CC=c2ncc(=C3C=CC(=O)C=C3)n2N1. The summed E-state index contributed by atoms with van der Waals surface area (Å²) in [6.07, 6.45) is 12.3. The Hall–Kier alpha value is -2.56. The van der Waals surface area contributed by atoms with Gasteiger partial charge in [0.2, 0.25) is 0 Å². The van der Waals surface area contributed by atoms with Crippen LogP contribution in [-0.2, 0) is 4.79 Å². The first-order chi connectivity index (χ1) is 8.78. The van der Waals surface area contributed by atoms with Gasteiger partial charge in [0, 0.05) is 12.6 Å². The molecule has 0 atom stereocenters. The van der Waals surface area contributed by atoms with Crippen LogP contribution in [0.15, 0.2) is 42.4 Å². The molecule has 0 fully saturated rings. The molecule has 0 saturated heterocycles. The van der Waals surface area contributed by atoms with Crippen LogP contribution in [0.2, 0.25) is 0 Å². The predicted octanol–water partition coefficient (Wildman–Crippen LogP) is -0.873. The van der Waals surface area contributed by atoms with Crippen molar-refractivity contribution in [1.82, 2.24) is 15.0 Å². The first-order valence-electron chi connectivity index (χ1n) is 5.63. The minimum Gasteiger partial charge on any atom is -0.374 e. The largest absolute Gasteiger partial charge is 0.374 e. The van der Waals surface area contributed by atoms with Crippen LogP contribution >= 0.6 is 0 Å². The smallest absolute Gasteiger partial charge is 0.178 e. The molecule has 1 aliphatic carbocycles. The normalized spacial score (nSPS) is 16.8. The zero-order valence-corrected chi connectivity index (χ0v) is 9.84. The fraction of sp³-hybridized carbons (Fsp3) is 0.0769. The van der Waals surface area contributed by atoms with Gasteiger partial charge in [0.25, 0.3) is 0 Å². The number of rotatable bonds is 1. The highest BCUT2D eigenvalue weighted by Crippen LogP contribution is 2.04. The second kappa shape index (κ2) is 4.03. The molecule has 2 aliphatic rings. The zero-order chi connectivity index (χ0) is 12.5. The second-order valence-electron chi connectivity index (χ2n) is 3.97. The van der Waals surface area contributed by atoms with Crippen LogP contribution in [-0.4, -0.2) is 22.5 Å². The van der Waals surface area contributed by atoms with Crippen LogP contribution in [0.5, 0.6) is 0 Å². The third-order valence-electron chi connectivity index (χ3n) is 2.84. The summed E-state index contributed by atoms with van der Waals surface area (Å²) in [5, 5.41) is 3.96. The van der Waals surface area contributed by atoms with E-state index in [1.807, 2.05) is 23.9 Å². The topological polar surface area (TPSA) is 59.0 Å². The maximum absolute atomic E-state index is 11.1. The summed E-state index contributed by atoms with van der Waals surface area (Å²) in [5.41, 5.74) is 4.98. The van der Waals surface area contributed by atoms with Gasteiger partial charge >= 0.3 is 0 Å². The van der Waals surface area contributed by atoms with Gasteiger partial charge in [-0.25, -0.2) is 9.66 Å². The lowest BCUT2D eigenvalue weighted by molar-refractivity contribution is -0.110. The van der Waals surface area contributed by atoms with Crippen molar-refractivity contribution in [2.75, 3.05) is 12.5 Å².